The number of fused-ring (bicyclic) bond motifs is 3. The van der Waals surface area contributed by atoms with Crippen LogP contribution in [0.5, 0.6) is 0 Å². The molecule has 0 spiro atoms. The molecule has 2 atom stereocenters. The lowest BCUT2D eigenvalue weighted by atomic mass is 9.80. The van der Waals surface area contributed by atoms with Gasteiger partial charge in [0.25, 0.3) is 0 Å². The molecule has 7 nitrogen and oxygen atoms in total. The molecular weight excluding hydrogens is 358 g/mol. The van der Waals surface area contributed by atoms with Gasteiger partial charge in [0.15, 0.2) is 0 Å². The molecule has 4 rings (SSSR count). The summed E-state index contributed by atoms with van der Waals surface area (Å²) in [5.41, 5.74) is 3.32. The molecule has 2 aromatic heterocycles. The lowest BCUT2D eigenvalue weighted by Crippen LogP contribution is -2.40. The van der Waals surface area contributed by atoms with E-state index < -0.39 is 11.6 Å². The first-order valence-electron chi connectivity index (χ1n) is 9.62. The van der Waals surface area contributed by atoms with Crippen LogP contribution in [0.15, 0.2) is 24.5 Å². The van der Waals surface area contributed by atoms with Crippen LogP contribution >= 0.6 is 0 Å². The number of aromatic amines is 1. The topological polar surface area (TPSA) is 97.3 Å². The van der Waals surface area contributed by atoms with E-state index in [1.165, 1.54) is 7.11 Å². The number of hydrogen-bond acceptors (Lipinski definition) is 5. The third-order valence-electron chi connectivity index (χ3n) is 5.91. The van der Waals surface area contributed by atoms with Crippen LogP contribution in [0.4, 0.5) is 0 Å². The molecule has 7 heteroatoms. The third-order valence-corrected chi connectivity index (χ3v) is 5.91. The molecule has 2 aliphatic rings. The van der Waals surface area contributed by atoms with Gasteiger partial charge in [0.05, 0.1) is 11.8 Å². The van der Waals surface area contributed by atoms with Crippen molar-refractivity contribution in [3.63, 3.8) is 0 Å². The number of hydrogen-bond donors (Lipinski definition) is 2. The Bertz CT molecular complexity index is 906. The van der Waals surface area contributed by atoms with Gasteiger partial charge < -0.3 is 19.6 Å². The summed E-state index contributed by atoms with van der Waals surface area (Å²) in [6.45, 7) is 0. The molecule has 0 radical (unpaired) electrons. The van der Waals surface area contributed by atoms with E-state index in [0.29, 0.717) is 17.9 Å². The first-order chi connectivity index (χ1) is 13.6. The van der Waals surface area contributed by atoms with Crippen molar-refractivity contribution >= 4 is 11.5 Å². The number of nitrogens with one attached hydrogen (secondary N) is 1. The average molecular weight is 383 g/mol. The summed E-state index contributed by atoms with van der Waals surface area (Å²) in [4.78, 5) is 24.4. The Hall–Kier alpha value is -2.51. The summed E-state index contributed by atoms with van der Waals surface area (Å²) in [6.07, 6.45) is 10.1. The number of carboxylic acids is 1. The molecule has 0 aliphatic heterocycles. The Balaban J connectivity index is 1.89. The van der Waals surface area contributed by atoms with Crippen molar-refractivity contribution in [3.8, 4) is 0 Å². The second kappa shape index (κ2) is 7.48. The summed E-state index contributed by atoms with van der Waals surface area (Å²) in [6, 6.07) is 1.79. The van der Waals surface area contributed by atoms with Crippen molar-refractivity contribution in [3.05, 3.63) is 52.9 Å². The molecule has 0 fully saturated rings. The lowest BCUT2D eigenvalue weighted by molar-refractivity contribution is -0.164. The number of aromatic nitrogens is 3. The quantitative estimate of drug-likeness (QED) is 0.770. The van der Waals surface area contributed by atoms with Crippen molar-refractivity contribution in [1.82, 2.24) is 15.0 Å². The average Bonchev–Trinajstić information content (AvgIpc) is 2.98. The van der Waals surface area contributed by atoms with Gasteiger partial charge >= 0.3 is 5.97 Å². The van der Waals surface area contributed by atoms with E-state index >= 15 is 0 Å². The zero-order valence-corrected chi connectivity index (χ0v) is 16.2. The fourth-order valence-corrected chi connectivity index (χ4v) is 4.45. The number of H-pyrrole nitrogens is 1. The number of methoxy groups -OCH3 is 2. The van der Waals surface area contributed by atoms with Gasteiger partial charge in [0.1, 0.15) is 5.82 Å². The van der Waals surface area contributed by atoms with Gasteiger partial charge in [0.2, 0.25) is 5.60 Å². The summed E-state index contributed by atoms with van der Waals surface area (Å²) >= 11 is 0. The highest BCUT2D eigenvalue weighted by atomic mass is 16.5. The maximum absolute atomic E-state index is 12.2. The second-order valence-electron chi connectivity index (χ2n) is 7.35. The summed E-state index contributed by atoms with van der Waals surface area (Å²) in [7, 11) is 3.16. The van der Waals surface area contributed by atoms with E-state index in [-0.39, 0.29) is 12.5 Å². The molecule has 2 aliphatic carbocycles. The second-order valence-corrected chi connectivity index (χ2v) is 7.35. The van der Waals surface area contributed by atoms with Gasteiger partial charge in [-0.2, -0.15) is 0 Å². The Morgan fingerprint density at radius 3 is 2.79 bits per heavy atom. The first kappa shape index (κ1) is 18.8. The van der Waals surface area contributed by atoms with Crippen molar-refractivity contribution in [2.45, 2.75) is 50.2 Å². The van der Waals surface area contributed by atoms with Crippen LogP contribution in [0.3, 0.4) is 0 Å². The molecular formula is C21H25N3O4. The molecule has 0 amide bonds. The van der Waals surface area contributed by atoms with Crippen LogP contribution in [-0.2, 0) is 32.7 Å². The molecule has 2 heterocycles. The van der Waals surface area contributed by atoms with Gasteiger partial charge in [-0.25, -0.2) is 14.8 Å². The Labute approximate surface area is 163 Å². The van der Waals surface area contributed by atoms with Crippen molar-refractivity contribution < 1.29 is 19.4 Å². The monoisotopic (exact) mass is 383 g/mol. The smallest absolute Gasteiger partial charge is 0.342 e. The van der Waals surface area contributed by atoms with Crippen molar-refractivity contribution in [2.75, 3.05) is 14.2 Å². The minimum atomic E-state index is -1.42. The molecule has 0 aromatic carbocycles. The zero-order valence-electron chi connectivity index (χ0n) is 16.2. The number of nitrogens with zero attached hydrogens (tertiary/aromatic N) is 2. The molecule has 2 N–H and O–H groups in total. The van der Waals surface area contributed by atoms with Gasteiger partial charge in [-0.05, 0) is 36.5 Å². The number of allylic oxidation sites excluding steroid dienone is 1. The van der Waals surface area contributed by atoms with E-state index in [2.05, 4.69) is 15.0 Å². The summed E-state index contributed by atoms with van der Waals surface area (Å²) < 4.78 is 11.3. The Kier molecular flexibility index (Phi) is 5.03. The highest BCUT2D eigenvalue weighted by Crippen LogP contribution is 2.46. The summed E-state index contributed by atoms with van der Waals surface area (Å²) in [5, 5.41) is 10.0. The molecule has 148 valence electrons. The van der Waals surface area contributed by atoms with E-state index in [4.69, 9.17) is 9.47 Å². The van der Waals surface area contributed by atoms with E-state index in [0.717, 1.165) is 48.1 Å². The minimum Gasteiger partial charge on any atom is -0.479 e. The Morgan fingerprint density at radius 2 is 2.11 bits per heavy atom. The number of carbonyl (C=O) groups is 1. The fourth-order valence-electron chi connectivity index (χ4n) is 4.45. The van der Waals surface area contributed by atoms with Crippen LogP contribution in [0.25, 0.3) is 5.57 Å². The number of rotatable bonds is 5. The maximum atomic E-state index is 12.2. The predicted molar refractivity (Wildman–Crippen MR) is 103 cm³/mol. The van der Waals surface area contributed by atoms with Gasteiger partial charge in [-0.3, -0.25) is 0 Å². The van der Waals surface area contributed by atoms with Crippen LogP contribution in [0.2, 0.25) is 0 Å². The van der Waals surface area contributed by atoms with Crippen molar-refractivity contribution in [1.29, 1.82) is 0 Å². The van der Waals surface area contributed by atoms with E-state index in [1.54, 1.807) is 25.6 Å². The van der Waals surface area contributed by atoms with Crippen LogP contribution in [-0.4, -0.2) is 40.2 Å². The number of carboxylic acid groups (broad SMARTS) is 1. The molecule has 0 bridgehead atoms. The summed E-state index contributed by atoms with van der Waals surface area (Å²) in [5.74, 6) is -0.278. The zero-order chi connectivity index (χ0) is 19.7. The molecule has 0 saturated heterocycles. The number of aliphatic carboxylic acids is 1. The third kappa shape index (κ3) is 2.95. The first-order valence-corrected chi connectivity index (χ1v) is 9.62. The van der Waals surface area contributed by atoms with E-state index in [1.807, 2.05) is 6.08 Å². The largest absolute Gasteiger partial charge is 0.479 e. The number of ether oxygens (including phenoxy) is 2. The van der Waals surface area contributed by atoms with Crippen LogP contribution in [0, 0.1) is 0 Å². The molecule has 2 aromatic rings. The van der Waals surface area contributed by atoms with E-state index in [9.17, 15) is 9.90 Å². The Morgan fingerprint density at radius 1 is 1.32 bits per heavy atom. The van der Waals surface area contributed by atoms with Gasteiger partial charge in [0, 0.05) is 50.7 Å². The standard InChI is InChI=1S/C21H25N3O4/c1-27-15-7-4-3-6-14-17-13(12-16-22-10-5-11-23-16)8-9-21(28-2,20(25)26)19(17)24-18(14)15/h5,8,10-11,15,24H,3-4,6-7,9,12H2,1-2H3,(H,25,26). The highest BCUT2D eigenvalue weighted by Gasteiger charge is 2.47. The molecule has 0 saturated carbocycles. The van der Waals surface area contributed by atoms with Crippen LogP contribution in [0.1, 0.15) is 60.1 Å². The fraction of sp³-hybridized carbons (Fsp3) is 0.476. The lowest BCUT2D eigenvalue weighted by Gasteiger charge is -2.31. The molecule has 2 unspecified atom stereocenters. The maximum Gasteiger partial charge on any atom is 0.342 e. The highest BCUT2D eigenvalue weighted by molar-refractivity contribution is 5.86. The van der Waals surface area contributed by atoms with Gasteiger partial charge in [-0.1, -0.05) is 12.5 Å². The van der Waals surface area contributed by atoms with Crippen molar-refractivity contribution in [2.24, 2.45) is 0 Å². The normalized spacial score (nSPS) is 24.1. The van der Waals surface area contributed by atoms with Gasteiger partial charge in [-0.15, -0.1) is 0 Å². The minimum absolute atomic E-state index is 0.0688. The van der Waals surface area contributed by atoms with Crippen LogP contribution < -0.4 is 0 Å². The SMILES string of the molecule is COC1CCCCc2c1[nH]c1c2C(Cc2ncccn2)=CCC1(OC)C(=O)O. The predicted octanol–water partition coefficient (Wildman–Crippen LogP) is 3.17. The molecule has 28 heavy (non-hydrogen) atoms.